The summed E-state index contributed by atoms with van der Waals surface area (Å²) in [6.45, 7) is 0.213. The van der Waals surface area contributed by atoms with E-state index in [-0.39, 0.29) is 24.1 Å². The molecule has 2 N–H and O–H groups in total. The highest BCUT2D eigenvalue weighted by molar-refractivity contribution is 7.99. The van der Waals surface area contributed by atoms with Gasteiger partial charge in [-0.1, -0.05) is 17.8 Å². The first kappa shape index (κ1) is 22.2. The first-order valence-corrected chi connectivity index (χ1v) is 10.4. The third kappa shape index (κ3) is 5.98. The zero-order chi connectivity index (χ0) is 22.2. The summed E-state index contributed by atoms with van der Waals surface area (Å²) in [5.41, 5.74) is 1.18. The van der Waals surface area contributed by atoms with E-state index >= 15 is 0 Å². The zero-order valence-corrected chi connectivity index (χ0v) is 18.2. The van der Waals surface area contributed by atoms with Gasteiger partial charge in [-0.25, -0.2) is 0 Å². The van der Waals surface area contributed by atoms with Crippen LogP contribution in [-0.4, -0.2) is 46.6 Å². The fourth-order valence-electron chi connectivity index (χ4n) is 2.66. The quantitative estimate of drug-likeness (QED) is 0.491. The molecule has 0 bridgehead atoms. The van der Waals surface area contributed by atoms with E-state index in [0.717, 1.165) is 0 Å². The highest BCUT2D eigenvalue weighted by Crippen LogP contribution is 2.19. The van der Waals surface area contributed by atoms with Crippen molar-refractivity contribution in [2.75, 3.05) is 25.3 Å². The highest BCUT2D eigenvalue weighted by atomic mass is 32.2. The lowest BCUT2D eigenvalue weighted by Crippen LogP contribution is -2.24. The summed E-state index contributed by atoms with van der Waals surface area (Å²) in [4.78, 5) is 24.5. The van der Waals surface area contributed by atoms with Crippen LogP contribution in [0.3, 0.4) is 0 Å². The summed E-state index contributed by atoms with van der Waals surface area (Å²) in [7, 11) is 4.93. The van der Waals surface area contributed by atoms with Crippen LogP contribution >= 0.6 is 11.8 Å². The summed E-state index contributed by atoms with van der Waals surface area (Å²) in [5.74, 6) is 1.70. The van der Waals surface area contributed by atoms with E-state index in [1.54, 1.807) is 74.4 Å². The van der Waals surface area contributed by atoms with Crippen LogP contribution in [0.15, 0.2) is 53.7 Å². The summed E-state index contributed by atoms with van der Waals surface area (Å²) >= 11 is 1.26. The van der Waals surface area contributed by atoms with Gasteiger partial charge in [-0.15, -0.1) is 10.2 Å². The number of nitrogens with one attached hydrogen (secondary N) is 2. The Balaban J connectivity index is 1.51. The molecule has 0 fully saturated rings. The number of benzene rings is 2. The number of rotatable bonds is 9. The average molecular weight is 442 g/mol. The van der Waals surface area contributed by atoms with E-state index in [2.05, 4.69) is 20.8 Å². The molecule has 2 aromatic carbocycles. The minimum atomic E-state index is -0.225. The van der Waals surface area contributed by atoms with Crippen molar-refractivity contribution in [3.05, 3.63) is 59.9 Å². The van der Waals surface area contributed by atoms with Gasteiger partial charge in [-0.05, 0) is 36.4 Å². The molecular formula is C21H23N5O4S. The largest absolute Gasteiger partial charge is 0.497 e. The van der Waals surface area contributed by atoms with Gasteiger partial charge in [0.25, 0.3) is 5.91 Å². The Morgan fingerprint density at radius 3 is 2.48 bits per heavy atom. The lowest BCUT2D eigenvalue weighted by Gasteiger charge is -2.08. The third-order valence-electron chi connectivity index (χ3n) is 4.37. The topological polar surface area (TPSA) is 107 Å². The van der Waals surface area contributed by atoms with E-state index in [1.807, 2.05) is 0 Å². The second kappa shape index (κ2) is 10.5. The molecule has 2 amide bonds. The van der Waals surface area contributed by atoms with Crippen molar-refractivity contribution in [1.82, 2.24) is 20.1 Å². The standard InChI is InChI=1S/C21H23N5O4S/c1-26-18(12-22-20(28)14-7-9-16(29-2)10-8-14)24-25-21(26)31-13-19(27)23-15-5-4-6-17(11-15)30-3/h4-11H,12-13H2,1-3H3,(H,22,28)(H,23,27). The van der Waals surface area contributed by atoms with Crippen LogP contribution in [0.2, 0.25) is 0 Å². The Kier molecular flexibility index (Phi) is 7.50. The van der Waals surface area contributed by atoms with Crippen molar-refractivity contribution < 1.29 is 19.1 Å². The SMILES string of the molecule is COc1ccc(C(=O)NCc2nnc(SCC(=O)Nc3cccc(OC)c3)n2C)cc1. The molecule has 162 valence electrons. The minimum absolute atomic E-state index is 0.168. The second-order valence-electron chi connectivity index (χ2n) is 6.44. The van der Waals surface area contributed by atoms with Gasteiger partial charge in [0.2, 0.25) is 5.91 Å². The monoisotopic (exact) mass is 441 g/mol. The molecule has 0 spiro atoms. The molecule has 0 radical (unpaired) electrons. The van der Waals surface area contributed by atoms with E-state index < -0.39 is 0 Å². The van der Waals surface area contributed by atoms with Crippen LogP contribution in [0, 0.1) is 0 Å². The molecule has 1 heterocycles. The number of methoxy groups -OCH3 is 2. The number of carbonyl (C=O) groups excluding carboxylic acids is 2. The van der Waals surface area contributed by atoms with Gasteiger partial charge < -0.3 is 24.7 Å². The number of hydrogen-bond donors (Lipinski definition) is 2. The Morgan fingerprint density at radius 2 is 1.77 bits per heavy atom. The minimum Gasteiger partial charge on any atom is -0.497 e. The Hall–Kier alpha value is -3.53. The fourth-order valence-corrected chi connectivity index (χ4v) is 3.39. The van der Waals surface area contributed by atoms with Crippen molar-refractivity contribution in [2.24, 2.45) is 7.05 Å². The summed E-state index contributed by atoms with van der Waals surface area (Å²) in [6, 6.07) is 14.0. The Morgan fingerprint density at radius 1 is 1.03 bits per heavy atom. The molecule has 0 aliphatic heterocycles. The maximum atomic E-state index is 12.3. The molecule has 0 aliphatic rings. The lowest BCUT2D eigenvalue weighted by atomic mass is 10.2. The fraction of sp³-hybridized carbons (Fsp3) is 0.238. The smallest absolute Gasteiger partial charge is 0.251 e. The van der Waals surface area contributed by atoms with Crippen LogP contribution in [-0.2, 0) is 18.4 Å². The number of anilines is 1. The number of hydrogen-bond acceptors (Lipinski definition) is 7. The number of ether oxygens (including phenoxy) is 2. The van der Waals surface area contributed by atoms with Gasteiger partial charge in [0.05, 0.1) is 26.5 Å². The second-order valence-corrected chi connectivity index (χ2v) is 7.38. The summed E-state index contributed by atoms with van der Waals surface area (Å²) < 4.78 is 12.0. The number of carbonyl (C=O) groups is 2. The van der Waals surface area contributed by atoms with E-state index in [4.69, 9.17) is 9.47 Å². The van der Waals surface area contributed by atoms with Gasteiger partial charge >= 0.3 is 0 Å². The normalized spacial score (nSPS) is 10.4. The molecule has 0 aliphatic carbocycles. The molecule has 1 aromatic heterocycles. The average Bonchev–Trinajstić information content (AvgIpc) is 3.15. The maximum Gasteiger partial charge on any atom is 0.251 e. The van der Waals surface area contributed by atoms with Crippen molar-refractivity contribution >= 4 is 29.3 Å². The number of nitrogens with zero attached hydrogens (tertiary/aromatic N) is 3. The predicted molar refractivity (Wildman–Crippen MR) is 118 cm³/mol. The van der Waals surface area contributed by atoms with Crippen molar-refractivity contribution in [1.29, 1.82) is 0 Å². The van der Waals surface area contributed by atoms with Gasteiger partial charge in [0, 0.05) is 24.4 Å². The van der Waals surface area contributed by atoms with Crippen LogP contribution in [0.1, 0.15) is 16.2 Å². The summed E-state index contributed by atoms with van der Waals surface area (Å²) in [5, 5.41) is 14.4. The van der Waals surface area contributed by atoms with Crippen molar-refractivity contribution in [3.63, 3.8) is 0 Å². The molecule has 3 aromatic rings. The van der Waals surface area contributed by atoms with Crippen LogP contribution in [0.5, 0.6) is 11.5 Å². The first-order chi connectivity index (χ1) is 15.0. The van der Waals surface area contributed by atoms with E-state index in [1.165, 1.54) is 11.8 Å². The van der Waals surface area contributed by atoms with E-state index in [9.17, 15) is 9.59 Å². The van der Waals surface area contributed by atoms with Gasteiger partial charge in [-0.2, -0.15) is 0 Å². The van der Waals surface area contributed by atoms with Gasteiger partial charge in [-0.3, -0.25) is 9.59 Å². The highest BCUT2D eigenvalue weighted by Gasteiger charge is 2.13. The van der Waals surface area contributed by atoms with Gasteiger partial charge in [0.15, 0.2) is 11.0 Å². The lowest BCUT2D eigenvalue weighted by molar-refractivity contribution is -0.113. The summed E-state index contributed by atoms with van der Waals surface area (Å²) in [6.07, 6.45) is 0. The molecule has 3 rings (SSSR count). The third-order valence-corrected chi connectivity index (χ3v) is 5.39. The van der Waals surface area contributed by atoms with Crippen LogP contribution < -0.4 is 20.1 Å². The van der Waals surface area contributed by atoms with Crippen LogP contribution in [0.4, 0.5) is 5.69 Å². The molecule has 31 heavy (non-hydrogen) atoms. The number of thioether (sulfide) groups is 1. The van der Waals surface area contributed by atoms with Crippen molar-refractivity contribution in [3.8, 4) is 11.5 Å². The maximum absolute atomic E-state index is 12.3. The molecular weight excluding hydrogens is 418 g/mol. The van der Waals surface area contributed by atoms with E-state index in [0.29, 0.717) is 33.7 Å². The molecule has 0 saturated heterocycles. The Bertz CT molecular complexity index is 1050. The molecule has 0 unspecified atom stereocenters. The first-order valence-electron chi connectivity index (χ1n) is 9.37. The molecule has 9 nitrogen and oxygen atoms in total. The van der Waals surface area contributed by atoms with Crippen molar-refractivity contribution in [2.45, 2.75) is 11.7 Å². The molecule has 0 atom stereocenters. The zero-order valence-electron chi connectivity index (χ0n) is 17.4. The molecule has 10 heteroatoms. The number of aromatic nitrogens is 3. The van der Waals surface area contributed by atoms with Crippen LogP contribution in [0.25, 0.3) is 0 Å². The Labute approximate surface area is 184 Å². The van der Waals surface area contributed by atoms with Gasteiger partial charge in [0.1, 0.15) is 11.5 Å². The molecule has 0 saturated carbocycles. The predicted octanol–water partition coefficient (Wildman–Crippen LogP) is 2.49. The number of amides is 2.